The van der Waals surface area contributed by atoms with Crippen molar-refractivity contribution in [2.45, 2.75) is 13.8 Å². The first-order valence-corrected chi connectivity index (χ1v) is 6.11. The average molecular weight is 236 g/mol. The van der Waals surface area contributed by atoms with Gasteiger partial charge in [0.25, 0.3) is 0 Å². The van der Waals surface area contributed by atoms with Crippen LogP contribution < -0.4 is 5.73 Å². The highest BCUT2D eigenvalue weighted by Crippen LogP contribution is 2.29. The first-order valence-electron chi connectivity index (χ1n) is 6.11. The fourth-order valence-corrected chi connectivity index (χ4v) is 2.50. The van der Waals surface area contributed by atoms with Crippen molar-refractivity contribution in [2.75, 3.05) is 5.73 Å². The van der Waals surface area contributed by atoms with E-state index in [9.17, 15) is 0 Å². The van der Waals surface area contributed by atoms with E-state index in [0.717, 1.165) is 5.69 Å². The lowest BCUT2D eigenvalue weighted by molar-refractivity contribution is 1.04. The number of fused-ring (bicyclic) bond motifs is 1. The van der Waals surface area contributed by atoms with Gasteiger partial charge in [0.1, 0.15) is 0 Å². The quantitative estimate of drug-likeness (QED) is 0.640. The molecule has 1 heterocycles. The number of nitrogen functional groups attached to an aromatic ring is 1. The molecule has 90 valence electrons. The van der Waals surface area contributed by atoms with Crippen molar-refractivity contribution < 1.29 is 0 Å². The van der Waals surface area contributed by atoms with Gasteiger partial charge >= 0.3 is 0 Å². The average Bonchev–Trinajstić information content (AvgIpc) is 2.64. The molecule has 2 aromatic carbocycles. The van der Waals surface area contributed by atoms with Crippen molar-refractivity contribution >= 4 is 16.6 Å². The second kappa shape index (κ2) is 3.91. The topological polar surface area (TPSA) is 30.9 Å². The Balaban J connectivity index is 2.40. The molecular formula is C16H16N2. The van der Waals surface area contributed by atoms with Crippen LogP contribution in [0.15, 0.2) is 48.5 Å². The highest BCUT2D eigenvalue weighted by molar-refractivity contribution is 5.89. The van der Waals surface area contributed by atoms with E-state index in [2.05, 4.69) is 54.8 Å². The van der Waals surface area contributed by atoms with Crippen molar-refractivity contribution in [3.8, 4) is 5.69 Å². The SMILES string of the molecule is Cc1c(C)n(-c2ccccc2)c2ccc(N)cc12. The van der Waals surface area contributed by atoms with Gasteiger partial charge in [0.05, 0.1) is 5.52 Å². The van der Waals surface area contributed by atoms with Crippen LogP contribution in [0.4, 0.5) is 5.69 Å². The van der Waals surface area contributed by atoms with E-state index in [4.69, 9.17) is 5.73 Å². The van der Waals surface area contributed by atoms with Crippen LogP contribution in [-0.2, 0) is 0 Å². The summed E-state index contributed by atoms with van der Waals surface area (Å²) in [4.78, 5) is 0. The monoisotopic (exact) mass is 236 g/mol. The van der Waals surface area contributed by atoms with Crippen LogP contribution in [0.5, 0.6) is 0 Å². The Labute approximate surface area is 107 Å². The number of nitrogens with two attached hydrogens (primary N) is 1. The summed E-state index contributed by atoms with van der Waals surface area (Å²) in [6.07, 6.45) is 0. The molecule has 0 aliphatic rings. The lowest BCUT2D eigenvalue weighted by atomic mass is 10.1. The van der Waals surface area contributed by atoms with E-state index >= 15 is 0 Å². The van der Waals surface area contributed by atoms with E-state index < -0.39 is 0 Å². The van der Waals surface area contributed by atoms with Crippen LogP contribution in [0.3, 0.4) is 0 Å². The van der Waals surface area contributed by atoms with Gasteiger partial charge in [-0.1, -0.05) is 18.2 Å². The number of rotatable bonds is 1. The predicted octanol–water partition coefficient (Wildman–Crippen LogP) is 3.83. The lowest BCUT2D eigenvalue weighted by Crippen LogP contribution is -1.96. The Kier molecular flexibility index (Phi) is 2.37. The summed E-state index contributed by atoms with van der Waals surface area (Å²) >= 11 is 0. The highest BCUT2D eigenvalue weighted by atomic mass is 15.0. The maximum Gasteiger partial charge on any atom is 0.0535 e. The zero-order chi connectivity index (χ0) is 12.7. The number of nitrogens with zero attached hydrogens (tertiary/aromatic N) is 1. The number of hydrogen-bond donors (Lipinski definition) is 1. The molecule has 0 atom stereocenters. The number of benzene rings is 2. The largest absolute Gasteiger partial charge is 0.399 e. The summed E-state index contributed by atoms with van der Waals surface area (Å²) in [5.74, 6) is 0. The predicted molar refractivity (Wildman–Crippen MR) is 77.2 cm³/mol. The van der Waals surface area contributed by atoms with Gasteiger partial charge in [-0.05, 0) is 49.7 Å². The summed E-state index contributed by atoms with van der Waals surface area (Å²) in [6.45, 7) is 4.30. The van der Waals surface area contributed by atoms with E-state index in [0.29, 0.717) is 0 Å². The summed E-state index contributed by atoms with van der Waals surface area (Å²) < 4.78 is 2.28. The minimum atomic E-state index is 0.816. The molecule has 0 aliphatic heterocycles. The van der Waals surface area contributed by atoms with Crippen molar-refractivity contribution in [2.24, 2.45) is 0 Å². The molecule has 3 rings (SSSR count). The molecule has 2 N–H and O–H groups in total. The molecule has 0 amide bonds. The molecule has 18 heavy (non-hydrogen) atoms. The number of aryl methyl sites for hydroxylation is 1. The third-order valence-electron chi connectivity index (χ3n) is 3.56. The molecule has 0 spiro atoms. The maximum absolute atomic E-state index is 5.88. The summed E-state index contributed by atoms with van der Waals surface area (Å²) in [7, 11) is 0. The first-order chi connectivity index (χ1) is 8.68. The van der Waals surface area contributed by atoms with Crippen LogP contribution in [-0.4, -0.2) is 4.57 Å². The number of anilines is 1. The molecule has 0 bridgehead atoms. The van der Waals surface area contributed by atoms with Crippen LogP contribution in [0.25, 0.3) is 16.6 Å². The van der Waals surface area contributed by atoms with Crippen LogP contribution in [0.1, 0.15) is 11.3 Å². The molecule has 0 unspecified atom stereocenters. The van der Waals surface area contributed by atoms with Gasteiger partial charge in [-0.3, -0.25) is 0 Å². The van der Waals surface area contributed by atoms with E-state index in [1.54, 1.807) is 0 Å². The van der Waals surface area contributed by atoms with E-state index in [1.165, 1.54) is 27.8 Å². The van der Waals surface area contributed by atoms with Gasteiger partial charge in [-0.2, -0.15) is 0 Å². The molecule has 2 heteroatoms. The lowest BCUT2D eigenvalue weighted by Gasteiger charge is -2.08. The number of hydrogen-bond acceptors (Lipinski definition) is 1. The molecule has 0 saturated heterocycles. The van der Waals surface area contributed by atoms with Gasteiger partial charge in [-0.25, -0.2) is 0 Å². The molecule has 0 radical (unpaired) electrons. The summed E-state index contributed by atoms with van der Waals surface area (Å²) in [6, 6.07) is 16.5. The Hall–Kier alpha value is -2.22. The van der Waals surface area contributed by atoms with Gasteiger partial charge in [0.15, 0.2) is 0 Å². The molecule has 3 aromatic rings. The standard InChI is InChI=1S/C16H16N2/c1-11-12(2)18(14-6-4-3-5-7-14)16-9-8-13(17)10-15(11)16/h3-10H,17H2,1-2H3. The molecule has 0 fully saturated rings. The van der Waals surface area contributed by atoms with E-state index in [1.807, 2.05) is 12.1 Å². The second-order valence-corrected chi connectivity index (χ2v) is 4.66. The highest BCUT2D eigenvalue weighted by Gasteiger charge is 2.11. The maximum atomic E-state index is 5.88. The minimum absolute atomic E-state index is 0.816. The Morgan fingerprint density at radius 3 is 2.39 bits per heavy atom. The Bertz CT molecular complexity index is 709. The third kappa shape index (κ3) is 1.50. The Morgan fingerprint density at radius 1 is 0.944 bits per heavy atom. The zero-order valence-electron chi connectivity index (χ0n) is 10.6. The minimum Gasteiger partial charge on any atom is -0.399 e. The van der Waals surface area contributed by atoms with Crippen LogP contribution >= 0.6 is 0 Å². The third-order valence-corrected chi connectivity index (χ3v) is 3.56. The first kappa shape index (κ1) is 10.9. The van der Waals surface area contributed by atoms with Gasteiger partial charge in [-0.15, -0.1) is 0 Å². The normalized spacial score (nSPS) is 11.0. The van der Waals surface area contributed by atoms with Gasteiger partial charge < -0.3 is 10.3 Å². The van der Waals surface area contributed by atoms with Crippen LogP contribution in [0, 0.1) is 13.8 Å². The smallest absolute Gasteiger partial charge is 0.0535 e. The molecule has 1 aromatic heterocycles. The zero-order valence-corrected chi connectivity index (χ0v) is 10.6. The van der Waals surface area contributed by atoms with E-state index in [-0.39, 0.29) is 0 Å². The van der Waals surface area contributed by atoms with Crippen molar-refractivity contribution in [1.82, 2.24) is 4.57 Å². The van der Waals surface area contributed by atoms with Gasteiger partial charge in [0.2, 0.25) is 0 Å². The molecule has 0 aliphatic carbocycles. The van der Waals surface area contributed by atoms with Crippen molar-refractivity contribution in [1.29, 1.82) is 0 Å². The second-order valence-electron chi connectivity index (χ2n) is 4.66. The molecular weight excluding hydrogens is 220 g/mol. The molecule has 2 nitrogen and oxygen atoms in total. The van der Waals surface area contributed by atoms with Crippen LogP contribution in [0.2, 0.25) is 0 Å². The number of para-hydroxylation sites is 1. The molecule has 0 saturated carbocycles. The summed E-state index contributed by atoms with van der Waals surface area (Å²) in [5, 5.41) is 1.23. The van der Waals surface area contributed by atoms with Crippen molar-refractivity contribution in [3.63, 3.8) is 0 Å². The Morgan fingerprint density at radius 2 is 1.67 bits per heavy atom. The van der Waals surface area contributed by atoms with Gasteiger partial charge in [0, 0.05) is 22.5 Å². The number of aromatic nitrogens is 1. The fraction of sp³-hybridized carbons (Fsp3) is 0.125. The summed E-state index contributed by atoms with van der Waals surface area (Å²) in [5.41, 5.74) is 11.7. The fourth-order valence-electron chi connectivity index (χ4n) is 2.50. The van der Waals surface area contributed by atoms with Crippen molar-refractivity contribution in [3.05, 3.63) is 59.8 Å².